The Hall–Kier alpha value is -3.42. The summed E-state index contributed by atoms with van der Waals surface area (Å²) < 4.78 is 7.37. The molecule has 0 radical (unpaired) electrons. The number of hydrogen-bond acceptors (Lipinski definition) is 5. The van der Waals surface area contributed by atoms with Crippen molar-refractivity contribution in [3.8, 4) is 5.75 Å². The summed E-state index contributed by atoms with van der Waals surface area (Å²) >= 11 is 0. The highest BCUT2D eigenvalue weighted by Gasteiger charge is 2.22. The van der Waals surface area contributed by atoms with Gasteiger partial charge in [0.05, 0.1) is 12.3 Å². The van der Waals surface area contributed by atoms with Crippen LogP contribution in [0.1, 0.15) is 33.3 Å². The number of pyridine rings is 1. The number of hydrogen-bond donors (Lipinski definition) is 3. The largest absolute Gasteiger partial charge is 0.483 e. The minimum Gasteiger partial charge on any atom is -0.483 e. The fraction of sp³-hybridized carbons (Fsp3) is 0.182. The van der Waals surface area contributed by atoms with Gasteiger partial charge in [-0.1, -0.05) is 42.5 Å². The Kier molecular flexibility index (Phi) is 6.43. The molecule has 7 nitrogen and oxygen atoms in total. The molecule has 0 aliphatic heterocycles. The summed E-state index contributed by atoms with van der Waals surface area (Å²) in [7, 11) is 0. The third-order valence-corrected chi connectivity index (χ3v) is 4.51. The lowest BCUT2D eigenvalue weighted by molar-refractivity contribution is 0.1000. The molecule has 4 N–H and O–H groups in total. The molecule has 3 rings (SSSR count). The van der Waals surface area contributed by atoms with Crippen LogP contribution in [-0.4, -0.2) is 27.3 Å². The molecule has 7 heteroatoms. The van der Waals surface area contributed by atoms with Crippen LogP contribution in [0.5, 0.6) is 5.75 Å². The summed E-state index contributed by atoms with van der Waals surface area (Å²) in [5.74, 6) is -0.564. The molecule has 0 aliphatic rings. The smallest absolute Gasteiger partial charge is 0.248 e. The van der Waals surface area contributed by atoms with E-state index in [4.69, 9.17) is 10.5 Å². The lowest BCUT2D eigenvalue weighted by atomic mass is 10.0. The second-order valence-electron chi connectivity index (χ2n) is 6.47. The molecule has 0 spiro atoms. The summed E-state index contributed by atoms with van der Waals surface area (Å²) in [5, 5.41) is 20.4. The van der Waals surface area contributed by atoms with Crippen LogP contribution in [0, 0.1) is 0 Å². The number of rotatable bonds is 8. The highest BCUT2D eigenvalue weighted by Crippen LogP contribution is 2.28. The Bertz CT molecular complexity index is 1030. The molecule has 0 saturated carbocycles. The van der Waals surface area contributed by atoms with E-state index in [-0.39, 0.29) is 36.6 Å². The van der Waals surface area contributed by atoms with Crippen molar-refractivity contribution in [1.29, 1.82) is 0 Å². The molecule has 1 amide bonds. The lowest BCUT2D eigenvalue weighted by Crippen LogP contribution is -2.21. The van der Waals surface area contributed by atoms with Gasteiger partial charge in [-0.25, -0.2) is 0 Å². The van der Waals surface area contributed by atoms with E-state index in [0.717, 1.165) is 5.56 Å². The van der Waals surface area contributed by atoms with Crippen LogP contribution in [0.3, 0.4) is 0 Å². The highest BCUT2D eigenvalue weighted by atomic mass is 16.5. The number of primary amides is 1. The van der Waals surface area contributed by atoms with E-state index >= 15 is 0 Å². The van der Waals surface area contributed by atoms with Crippen LogP contribution in [0.2, 0.25) is 0 Å². The molecule has 29 heavy (non-hydrogen) atoms. The first-order valence-corrected chi connectivity index (χ1v) is 9.10. The molecule has 150 valence electrons. The highest BCUT2D eigenvalue weighted by molar-refractivity contribution is 5.92. The van der Waals surface area contributed by atoms with Gasteiger partial charge in [-0.2, -0.15) is 0 Å². The number of ether oxygens (including phenoxy) is 1. The number of carbonyl (C=O) groups is 1. The molecule has 1 unspecified atom stereocenters. The quantitative estimate of drug-likeness (QED) is 0.537. The number of amides is 1. The van der Waals surface area contributed by atoms with Crippen LogP contribution in [0.4, 0.5) is 0 Å². The van der Waals surface area contributed by atoms with Crippen LogP contribution in [-0.2, 0) is 13.2 Å². The summed E-state index contributed by atoms with van der Waals surface area (Å²) in [6.45, 7) is 0.147. The second kappa shape index (κ2) is 9.18. The van der Waals surface area contributed by atoms with E-state index in [1.807, 2.05) is 30.3 Å². The lowest BCUT2D eigenvalue weighted by Gasteiger charge is -2.21. The average Bonchev–Trinajstić information content (AvgIpc) is 2.74. The van der Waals surface area contributed by atoms with Gasteiger partial charge in [0.15, 0.2) is 5.75 Å². The Labute approximate surface area is 167 Å². The number of aromatic nitrogens is 1. The number of carbonyl (C=O) groups excluding carboxylic acids is 1. The second-order valence-corrected chi connectivity index (χ2v) is 6.47. The summed E-state index contributed by atoms with van der Waals surface area (Å²) in [4.78, 5) is 23.8. The van der Waals surface area contributed by atoms with Crippen molar-refractivity contribution in [3.63, 3.8) is 0 Å². The number of benzene rings is 2. The predicted octanol–water partition coefficient (Wildman–Crippen LogP) is 1.60. The first-order valence-electron chi connectivity index (χ1n) is 9.10. The van der Waals surface area contributed by atoms with Gasteiger partial charge in [-0.15, -0.1) is 0 Å². The van der Waals surface area contributed by atoms with Crippen LogP contribution >= 0.6 is 0 Å². The molecule has 0 aliphatic carbocycles. The van der Waals surface area contributed by atoms with Gasteiger partial charge in [-0.3, -0.25) is 9.59 Å². The maximum atomic E-state index is 12.5. The predicted molar refractivity (Wildman–Crippen MR) is 108 cm³/mol. The standard InChI is InChI=1S/C22H22N2O5/c23-22(28)17-8-6-16(7-9-17)20(27)19-21(18(26)10-11-24(19)12-13-25)29-14-15-4-2-1-3-5-15/h1-11,20,25,27H,12-14H2,(H2,23,28). The Morgan fingerprint density at radius 2 is 1.76 bits per heavy atom. The van der Waals surface area contributed by atoms with Crippen molar-refractivity contribution in [2.75, 3.05) is 6.61 Å². The SMILES string of the molecule is NC(=O)c1ccc(C(O)c2c(OCc3ccccc3)c(=O)ccn2CCO)cc1. The van der Waals surface area contributed by atoms with Crippen molar-refractivity contribution in [2.24, 2.45) is 5.73 Å². The normalized spacial score (nSPS) is 11.8. The molecule has 3 aromatic rings. The Morgan fingerprint density at radius 3 is 2.38 bits per heavy atom. The first kappa shape index (κ1) is 20.3. The molecule has 0 fully saturated rings. The topological polar surface area (TPSA) is 115 Å². The van der Waals surface area contributed by atoms with E-state index in [0.29, 0.717) is 11.1 Å². The van der Waals surface area contributed by atoms with Crippen molar-refractivity contribution < 1.29 is 19.7 Å². The monoisotopic (exact) mass is 394 g/mol. The number of nitrogens with zero attached hydrogens (tertiary/aromatic N) is 1. The van der Waals surface area contributed by atoms with Crippen molar-refractivity contribution in [3.05, 3.63) is 99.5 Å². The minimum atomic E-state index is -1.21. The maximum Gasteiger partial charge on any atom is 0.248 e. The van der Waals surface area contributed by atoms with Crippen molar-refractivity contribution in [1.82, 2.24) is 4.57 Å². The average molecular weight is 394 g/mol. The van der Waals surface area contributed by atoms with Crippen LogP contribution in [0.25, 0.3) is 0 Å². The van der Waals surface area contributed by atoms with Crippen LogP contribution in [0.15, 0.2) is 71.7 Å². The first-order chi connectivity index (χ1) is 14.0. The fourth-order valence-corrected chi connectivity index (χ4v) is 3.02. The maximum absolute atomic E-state index is 12.5. The van der Waals surface area contributed by atoms with Gasteiger partial charge >= 0.3 is 0 Å². The zero-order valence-electron chi connectivity index (χ0n) is 15.7. The molecule has 0 bridgehead atoms. The van der Waals surface area contributed by atoms with Gasteiger partial charge < -0.3 is 25.3 Å². The number of aliphatic hydroxyl groups is 2. The summed E-state index contributed by atoms with van der Waals surface area (Å²) in [5.41, 5.74) is 6.75. The molecule has 1 heterocycles. The van der Waals surface area contributed by atoms with E-state index in [9.17, 15) is 19.8 Å². The molecule has 1 atom stereocenters. The van der Waals surface area contributed by atoms with Crippen molar-refractivity contribution >= 4 is 5.91 Å². The van der Waals surface area contributed by atoms with Gasteiger partial charge in [0, 0.05) is 24.4 Å². The van der Waals surface area contributed by atoms with Crippen LogP contribution < -0.4 is 15.9 Å². The molecule has 0 saturated heterocycles. The van der Waals surface area contributed by atoms with E-state index in [2.05, 4.69) is 0 Å². The zero-order chi connectivity index (χ0) is 20.8. The van der Waals surface area contributed by atoms with E-state index in [1.54, 1.807) is 16.7 Å². The Morgan fingerprint density at radius 1 is 1.07 bits per heavy atom. The van der Waals surface area contributed by atoms with Gasteiger partial charge in [-0.05, 0) is 23.3 Å². The summed E-state index contributed by atoms with van der Waals surface area (Å²) in [6.07, 6.45) is 0.299. The molecule has 2 aromatic carbocycles. The molecular formula is C22H22N2O5. The fourth-order valence-electron chi connectivity index (χ4n) is 3.02. The number of nitrogens with two attached hydrogens (primary N) is 1. The third kappa shape index (κ3) is 4.71. The minimum absolute atomic E-state index is 0.0104. The van der Waals surface area contributed by atoms with E-state index < -0.39 is 12.0 Å². The van der Waals surface area contributed by atoms with Gasteiger partial charge in [0.1, 0.15) is 12.7 Å². The summed E-state index contributed by atoms with van der Waals surface area (Å²) in [6, 6.07) is 16.8. The van der Waals surface area contributed by atoms with Gasteiger partial charge in [0.25, 0.3) is 0 Å². The zero-order valence-corrected chi connectivity index (χ0v) is 15.7. The Balaban J connectivity index is 2.00. The molecular weight excluding hydrogens is 372 g/mol. The van der Waals surface area contributed by atoms with Gasteiger partial charge in [0.2, 0.25) is 11.3 Å². The third-order valence-electron chi connectivity index (χ3n) is 4.51. The molecule has 1 aromatic heterocycles. The van der Waals surface area contributed by atoms with Crippen molar-refractivity contribution in [2.45, 2.75) is 19.3 Å². The van der Waals surface area contributed by atoms with E-state index in [1.165, 1.54) is 24.4 Å². The number of aliphatic hydroxyl groups excluding tert-OH is 2.